The molecule has 0 atom stereocenters. The van der Waals surface area contributed by atoms with Crippen LogP contribution in [0.2, 0.25) is 0 Å². The molecule has 1 saturated heterocycles. The number of benzene rings is 1. The molecule has 2 rings (SSSR count). The van der Waals surface area contributed by atoms with Crippen molar-refractivity contribution in [3.05, 3.63) is 28.2 Å². The Morgan fingerprint density at radius 1 is 1.29 bits per heavy atom. The Kier molecular flexibility index (Phi) is 5.22. The fourth-order valence-corrected chi connectivity index (χ4v) is 2.83. The van der Waals surface area contributed by atoms with E-state index in [1.54, 1.807) is 17.0 Å². The molecule has 0 bridgehead atoms. The molecule has 1 aromatic rings. The smallest absolute Gasteiger partial charge is 0.303 e. The predicted octanol–water partition coefficient (Wildman–Crippen LogP) is 2.87. The summed E-state index contributed by atoms with van der Waals surface area (Å²) >= 11 is 3.19. The van der Waals surface area contributed by atoms with E-state index in [2.05, 4.69) is 15.9 Å². The Morgan fingerprint density at radius 2 is 1.95 bits per heavy atom. The molecule has 0 aliphatic carbocycles. The highest BCUT2D eigenvalue weighted by atomic mass is 79.9. The van der Waals surface area contributed by atoms with Gasteiger partial charge in [0.1, 0.15) is 5.75 Å². The number of piperidine rings is 1. The summed E-state index contributed by atoms with van der Waals surface area (Å²) in [6.07, 6.45) is 2.54. The quantitative estimate of drug-likeness (QED) is 0.870. The van der Waals surface area contributed by atoms with Crippen LogP contribution in [0.3, 0.4) is 0 Å². The second kappa shape index (κ2) is 6.93. The van der Waals surface area contributed by atoms with Gasteiger partial charge in [0.15, 0.2) is 0 Å². The lowest BCUT2D eigenvalue weighted by Crippen LogP contribution is -2.38. The molecular formula is C15H18BrNO4. The number of carboxylic acids is 1. The van der Waals surface area contributed by atoms with E-state index in [1.165, 1.54) is 6.07 Å². The minimum Gasteiger partial charge on any atom is -0.507 e. The van der Waals surface area contributed by atoms with Gasteiger partial charge < -0.3 is 15.1 Å². The van der Waals surface area contributed by atoms with Gasteiger partial charge in [-0.3, -0.25) is 9.59 Å². The van der Waals surface area contributed by atoms with E-state index >= 15 is 0 Å². The molecule has 21 heavy (non-hydrogen) atoms. The van der Waals surface area contributed by atoms with E-state index in [0.717, 1.165) is 12.8 Å². The van der Waals surface area contributed by atoms with Gasteiger partial charge in [-0.25, -0.2) is 0 Å². The average Bonchev–Trinajstić information content (AvgIpc) is 2.48. The number of amides is 1. The SMILES string of the molecule is O=C(O)CCC1CCN(C(=O)c2ccc(Br)c(O)c2)CC1. The molecule has 0 spiro atoms. The standard InChI is InChI=1S/C15H18BrNO4/c16-12-3-2-11(9-13(12)18)15(21)17-7-5-10(6-8-17)1-4-14(19)20/h2-3,9-10,18H,1,4-8H2,(H,19,20). The van der Waals surface area contributed by atoms with E-state index < -0.39 is 5.97 Å². The van der Waals surface area contributed by atoms with Crippen LogP contribution in [0.5, 0.6) is 5.75 Å². The number of carboxylic acid groups (broad SMARTS) is 1. The minimum atomic E-state index is -0.765. The summed E-state index contributed by atoms with van der Waals surface area (Å²) in [5, 5.41) is 18.3. The van der Waals surface area contributed by atoms with Gasteiger partial charge in [-0.05, 0) is 59.3 Å². The van der Waals surface area contributed by atoms with Gasteiger partial charge in [-0.2, -0.15) is 0 Å². The normalized spacial score (nSPS) is 16.0. The number of aromatic hydroxyl groups is 1. The summed E-state index contributed by atoms with van der Waals surface area (Å²) in [5.74, 6) is -0.422. The zero-order chi connectivity index (χ0) is 15.4. The molecule has 1 aromatic carbocycles. The zero-order valence-electron chi connectivity index (χ0n) is 11.6. The van der Waals surface area contributed by atoms with Crippen molar-refractivity contribution >= 4 is 27.8 Å². The number of nitrogens with zero attached hydrogens (tertiary/aromatic N) is 1. The van der Waals surface area contributed by atoms with Crippen molar-refractivity contribution in [3.8, 4) is 5.75 Å². The third kappa shape index (κ3) is 4.20. The van der Waals surface area contributed by atoms with Crippen molar-refractivity contribution < 1.29 is 19.8 Å². The van der Waals surface area contributed by atoms with Crippen LogP contribution >= 0.6 is 15.9 Å². The second-order valence-electron chi connectivity index (χ2n) is 5.33. The fourth-order valence-electron chi connectivity index (χ4n) is 2.58. The van der Waals surface area contributed by atoms with E-state index in [1.807, 2.05) is 0 Å². The van der Waals surface area contributed by atoms with Gasteiger partial charge >= 0.3 is 5.97 Å². The summed E-state index contributed by atoms with van der Waals surface area (Å²) in [7, 11) is 0. The fraction of sp³-hybridized carbons (Fsp3) is 0.467. The molecule has 1 aliphatic rings. The number of phenols is 1. The Morgan fingerprint density at radius 3 is 2.52 bits per heavy atom. The number of hydrogen-bond acceptors (Lipinski definition) is 3. The van der Waals surface area contributed by atoms with Crippen LogP contribution in [0.15, 0.2) is 22.7 Å². The van der Waals surface area contributed by atoms with Crippen LogP contribution in [-0.2, 0) is 4.79 Å². The first-order chi connectivity index (χ1) is 9.97. The van der Waals surface area contributed by atoms with Crippen molar-refractivity contribution in [2.24, 2.45) is 5.92 Å². The van der Waals surface area contributed by atoms with E-state index in [0.29, 0.717) is 35.5 Å². The highest BCUT2D eigenvalue weighted by molar-refractivity contribution is 9.10. The van der Waals surface area contributed by atoms with Crippen molar-refractivity contribution in [2.75, 3.05) is 13.1 Å². The molecule has 1 heterocycles. The van der Waals surface area contributed by atoms with Crippen LogP contribution in [0, 0.1) is 5.92 Å². The molecule has 2 N–H and O–H groups in total. The van der Waals surface area contributed by atoms with Crippen molar-refractivity contribution in [1.82, 2.24) is 4.90 Å². The maximum absolute atomic E-state index is 12.3. The first-order valence-corrected chi connectivity index (χ1v) is 7.76. The summed E-state index contributed by atoms with van der Waals surface area (Å²) in [5.41, 5.74) is 0.472. The summed E-state index contributed by atoms with van der Waals surface area (Å²) in [4.78, 5) is 24.7. The highest BCUT2D eigenvalue weighted by Crippen LogP contribution is 2.27. The minimum absolute atomic E-state index is 0.0530. The first-order valence-electron chi connectivity index (χ1n) is 6.97. The number of halogens is 1. The summed E-state index contributed by atoms with van der Waals surface area (Å²) in [6, 6.07) is 4.80. The van der Waals surface area contributed by atoms with E-state index in [9.17, 15) is 14.7 Å². The predicted molar refractivity (Wildman–Crippen MR) is 81.3 cm³/mol. The lowest BCUT2D eigenvalue weighted by Gasteiger charge is -2.32. The molecule has 0 aromatic heterocycles. The maximum Gasteiger partial charge on any atom is 0.303 e. The molecule has 114 valence electrons. The molecule has 6 heteroatoms. The molecule has 0 radical (unpaired) electrons. The van der Waals surface area contributed by atoms with Crippen molar-refractivity contribution in [3.63, 3.8) is 0 Å². The second-order valence-corrected chi connectivity index (χ2v) is 6.19. The zero-order valence-corrected chi connectivity index (χ0v) is 13.2. The van der Waals surface area contributed by atoms with Gasteiger partial charge in [-0.15, -0.1) is 0 Å². The topological polar surface area (TPSA) is 77.8 Å². The average molecular weight is 356 g/mol. The van der Waals surface area contributed by atoms with Gasteiger partial charge in [0.2, 0.25) is 0 Å². The molecular weight excluding hydrogens is 338 g/mol. The summed E-state index contributed by atoms with van der Waals surface area (Å²) in [6.45, 7) is 1.28. The maximum atomic E-state index is 12.3. The Bertz CT molecular complexity index is 538. The number of carbonyl (C=O) groups excluding carboxylic acids is 1. The lowest BCUT2D eigenvalue weighted by molar-refractivity contribution is -0.137. The molecule has 1 fully saturated rings. The third-order valence-electron chi connectivity index (χ3n) is 3.86. The van der Waals surface area contributed by atoms with Crippen LogP contribution in [-0.4, -0.2) is 40.1 Å². The van der Waals surface area contributed by atoms with Crippen LogP contribution in [0.1, 0.15) is 36.0 Å². The van der Waals surface area contributed by atoms with Gasteiger partial charge in [-0.1, -0.05) is 0 Å². The molecule has 5 nitrogen and oxygen atoms in total. The lowest BCUT2D eigenvalue weighted by atomic mass is 9.92. The van der Waals surface area contributed by atoms with Crippen LogP contribution in [0.25, 0.3) is 0 Å². The Labute approximate surface area is 131 Å². The van der Waals surface area contributed by atoms with Gasteiger partial charge in [0.25, 0.3) is 5.91 Å². The third-order valence-corrected chi connectivity index (χ3v) is 4.53. The monoisotopic (exact) mass is 355 g/mol. The Hall–Kier alpha value is -1.56. The van der Waals surface area contributed by atoms with Crippen molar-refractivity contribution in [1.29, 1.82) is 0 Å². The van der Waals surface area contributed by atoms with Gasteiger partial charge in [0.05, 0.1) is 4.47 Å². The largest absolute Gasteiger partial charge is 0.507 e. The number of aliphatic carboxylic acids is 1. The number of carbonyl (C=O) groups is 2. The van der Waals surface area contributed by atoms with Gasteiger partial charge in [0, 0.05) is 25.1 Å². The molecule has 1 amide bonds. The first kappa shape index (κ1) is 15.8. The van der Waals surface area contributed by atoms with Crippen LogP contribution < -0.4 is 0 Å². The molecule has 1 aliphatic heterocycles. The number of rotatable bonds is 4. The molecule has 0 unspecified atom stereocenters. The number of likely N-dealkylation sites (tertiary alicyclic amines) is 1. The number of phenolic OH excluding ortho intramolecular Hbond substituents is 1. The molecule has 0 saturated carbocycles. The number of hydrogen-bond donors (Lipinski definition) is 2. The van der Waals surface area contributed by atoms with E-state index in [4.69, 9.17) is 5.11 Å². The van der Waals surface area contributed by atoms with Crippen LogP contribution in [0.4, 0.5) is 0 Å². The van der Waals surface area contributed by atoms with Crippen molar-refractivity contribution in [2.45, 2.75) is 25.7 Å². The highest BCUT2D eigenvalue weighted by Gasteiger charge is 2.24. The Balaban J connectivity index is 1.90. The summed E-state index contributed by atoms with van der Waals surface area (Å²) < 4.78 is 0.562. The van der Waals surface area contributed by atoms with E-state index in [-0.39, 0.29) is 18.1 Å².